The summed E-state index contributed by atoms with van der Waals surface area (Å²) < 4.78 is 0. The van der Waals surface area contributed by atoms with Crippen LogP contribution in [0.5, 0.6) is 0 Å². The summed E-state index contributed by atoms with van der Waals surface area (Å²) >= 11 is 1.37. The van der Waals surface area contributed by atoms with E-state index in [0.717, 1.165) is 0 Å². The summed E-state index contributed by atoms with van der Waals surface area (Å²) in [5.74, 6) is -0.932. The van der Waals surface area contributed by atoms with E-state index in [1.165, 1.54) is 11.8 Å². The number of rotatable bonds is 4. The van der Waals surface area contributed by atoms with Crippen LogP contribution in [0.3, 0.4) is 0 Å². The molecule has 0 aliphatic heterocycles. The van der Waals surface area contributed by atoms with Gasteiger partial charge in [-0.2, -0.15) is 0 Å². The highest BCUT2D eigenvalue weighted by Crippen LogP contribution is 2.26. The van der Waals surface area contributed by atoms with E-state index in [9.17, 15) is 4.79 Å². The lowest BCUT2D eigenvalue weighted by Crippen LogP contribution is -2.05. The Morgan fingerprint density at radius 1 is 1.50 bits per heavy atom. The topological polar surface area (TPSA) is 57.5 Å². The van der Waals surface area contributed by atoms with E-state index in [0.29, 0.717) is 4.90 Å². The Morgan fingerprint density at radius 3 is 2.71 bits per heavy atom. The summed E-state index contributed by atoms with van der Waals surface area (Å²) in [6.07, 6.45) is 0. The molecule has 0 spiro atoms. The quantitative estimate of drug-likeness (QED) is 0.748. The normalized spacial score (nSPS) is 12.4. The Bertz CT molecular complexity index is 325. The Balaban J connectivity index is 2.90. The third-order valence-corrected chi connectivity index (χ3v) is 2.86. The fourth-order valence-electron chi connectivity index (χ4n) is 1.00. The van der Waals surface area contributed by atoms with Crippen molar-refractivity contribution in [1.82, 2.24) is 0 Å². The molecule has 14 heavy (non-hydrogen) atoms. The monoisotopic (exact) mass is 212 g/mol. The lowest BCUT2D eigenvalue weighted by molar-refractivity contribution is 0.0693. The zero-order valence-corrected chi connectivity index (χ0v) is 8.62. The summed E-state index contributed by atoms with van der Waals surface area (Å²) in [5, 5.41) is 17.7. The van der Waals surface area contributed by atoms with Crippen LogP contribution in [-0.2, 0) is 0 Å². The van der Waals surface area contributed by atoms with E-state index < -0.39 is 5.97 Å². The van der Waals surface area contributed by atoms with Crippen LogP contribution in [0.4, 0.5) is 0 Å². The molecule has 0 saturated heterocycles. The zero-order chi connectivity index (χ0) is 10.6. The van der Waals surface area contributed by atoms with Gasteiger partial charge >= 0.3 is 5.97 Å². The van der Waals surface area contributed by atoms with Gasteiger partial charge in [-0.25, -0.2) is 4.79 Å². The van der Waals surface area contributed by atoms with Crippen LogP contribution in [0.15, 0.2) is 29.2 Å². The van der Waals surface area contributed by atoms with Gasteiger partial charge in [-0.3, -0.25) is 0 Å². The van der Waals surface area contributed by atoms with E-state index in [-0.39, 0.29) is 17.4 Å². The van der Waals surface area contributed by atoms with Crippen LogP contribution >= 0.6 is 11.8 Å². The van der Waals surface area contributed by atoms with E-state index in [4.69, 9.17) is 10.2 Å². The third-order valence-electron chi connectivity index (χ3n) is 1.70. The first-order valence-corrected chi connectivity index (χ1v) is 5.13. The molecule has 1 rings (SSSR count). The number of benzene rings is 1. The molecule has 1 aromatic rings. The standard InChI is InChI=1S/C10H12O3S/c1-7(6-11)14-9-5-3-2-4-8(9)10(12)13/h2-5,7,11H,6H2,1H3,(H,12,13). The number of thioether (sulfide) groups is 1. The molecular formula is C10H12O3S. The molecule has 1 unspecified atom stereocenters. The SMILES string of the molecule is CC(CO)Sc1ccccc1C(=O)O. The molecular weight excluding hydrogens is 200 g/mol. The van der Waals surface area contributed by atoms with Crippen molar-refractivity contribution in [2.75, 3.05) is 6.61 Å². The molecule has 76 valence electrons. The largest absolute Gasteiger partial charge is 0.478 e. The molecule has 0 aliphatic carbocycles. The lowest BCUT2D eigenvalue weighted by atomic mass is 10.2. The van der Waals surface area contributed by atoms with Crippen LogP contribution in [0.25, 0.3) is 0 Å². The van der Waals surface area contributed by atoms with Gasteiger partial charge in [0.1, 0.15) is 0 Å². The molecule has 3 nitrogen and oxygen atoms in total. The molecule has 0 heterocycles. The Kier molecular flexibility index (Phi) is 3.98. The van der Waals surface area contributed by atoms with Crippen molar-refractivity contribution in [2.24, 2.45) is 0 Å². The highest BCUT2D eigenvalue weighted by atomic mass is 32.2. The maximum absolute atomic E-state index is 10.8. The van der Waals surface area contributed by atoms with Gasteiger partial charge in [-0.05, 0) is 12.1 Å². The molecule has 2 N–H and O–H groups in total. The van der Waals surface area contributed by atoms with Crippen molar-refractivity contribution in [1.29, 1.82) is 0 Å². The second-order valence-electron chi connectivity index (χ2n) is 2.91. The van der Waals surface area contributed by atoms with Crippen molar-refractivity contribution in [3.8, 4) is 0 Å². The van der Waals surface area contributed by atoms with Gasteiger partial charge in [0.05, 0.1) is 12.2 Å². The number of aromatic carboxylic acids is 1. The van der Waals surface area contributed by atoms with Gasteiger partial charge < -0.3 is 10.2 Å². The van der Waals surface area contributed by atoms with Crippen LogP contribution in [-0.4, -0.2) is 28.0 Å². The molecule has 1 aromatic carbocycles. The predicted octanol–water partition coefficient (Wildman–Crippen LogP) is 1.86. The third kappa shape index (κ3) is 2.75. The van der Waals surface area contributed by atoms with Gasteiger partial charge in [-0.15, -0.1) is 11.8 Å². The summed E-state index contributed by atoms with van der Waals surface area (Å²) in [7, 11) is 0. The first-order chi connectivity index (χ1) is 6.65. The number of aliphatic hydroxyl groups is 1. The second kappa shape index (κ2) is 5.02. The van der Waals surface area contributed by atoms with Gasteiger partial charge in [0.2, 0.25) is 0 Å². The van der Waals surface area contributed by atoms with Crippen molar-refractivity contribution >= 4 is 17.7 Å². The number of carboxylic acids is 1. The highest BCUT2D eigenvalue weighted by molar-refractivity contribution is 8.00. The van der Waals surface area contributed by atoms with Gasteiger partial charge in [0.15, 0.2) is 0 Å². The smallest absolute Gasteiger partial charge is 0.336 e. The minimum Gasteiger partial charge on any atom is -0.478 e. The van der Waals surface area contributed by atoms with Crippen LogP contribution in [0.1, 0.15) is 17.3 Å². The minimum atomic E-state index is -0.932. The van der Waals surface area contributed by atoms with E-state index in [2.05, 4.69) is 0 Å². The fourth-order valence-corrected chi connectivity index (χ4v) is 1.95. The first-order valence-electron chi connectivity index (χ1n) is 4.25. The molecule has 0 aliphatic rings. The number of hydrogen-bond donors (Lipinski definition) is 2. The van der Waals surface area contributed by atoms with Gasteiger partial charge in [0, 0.05) is 10.1 Å². The van der Waals surface area contributed by atoms with Crippen LogP contribution in [0, 0.1) is 0 Å². The van der Waals surface area contributed by atoms with Crippen molar-refractivity contribution in [2.45, 2.75) is 17.1 Å². The zero-order valence-electron chi connectivity index (χ0n) is 7.80. The predicted molar refractivity (Wildman–Crippen MR) is 55.8 cm³/mol. The van der Waals surface area contributed by atoms with Crippen molar-refractivity contribution in [3.05, 3.63) is 29.8 Å². The molecule has 0 fully saturated rings. The Labute approximate surface area is 86.8 Å². The van der Waals surface area contributed by atoms with E-state index in [1.807, 2.05) is 6.92 Å². The summed E-state index contributed by atoms with van der Waals surface area (Å²) in [6.45, 7) is 1.89. The maximum Gasteiger partial charge on any atom is 0.336 e. The number of hydrogen-bond acceptors (Lipinski definition) is 3. The lowest BCUT2D eigenvalue weighted by Gasteiger charge is -2.09. The van der Waals surface area contributed by atoms with E-state index in [1.54, 1.807) is 24.3 Å². The molecule has 1 atom stereocenters. The Morgan fingerprint density at radius 2 is 2.14 bits per heavy atom. The average Bonchev–Trinajstić information content (AvgIpc) is 2.18. The number of aliphatic hydroxyl groups excluding tert-OH is 1. The molecule has 0 bridgehead atoms. The van der Waals surface area contributed by atoms with Crippen molar-refractivity contribution in [3.63, 3.8) is 0 Å². The maximum atomic E-state index is 10.8. The molecule has 0 aromatic heterocycles. The number of carbonyl (C=O) groups is 1. The number of carboxylic acid groups (broad SMARTS) is 1. The van der Waals surface area contributed by atoms with Crippen molar-refractivity contribution < 1.29 is 15.0 Å². The molecule has 0 radical (unpaired) electrons. The fraction of sp³-hybridized carbons (Fsp3) is 0.300. The first kappa shape index (κ1) is 11.1. The van der Waals surface area contributed by atoms with Gasteiger partial charge in [-0.1, -0.05) is 19.1 Å². The second-order valence-corrected chi connectivity index (χ2v) is 4.39. The molecule has 4 heteroatoms. The minimum absolute atomic E-state index is 0.00972. The Hall–Kier alpha value is -1.00. The van der Waals surface area contributed by atoms with Crippen LogP contribution < -0.4 is 0 Å². The van der Waals surface area contributed by atoms with E-state index >= 15 is 0 Å². The van der Waals surface area contributed by atoms with Gasteiger partial charge in [0.25, 0.3) is 0 Å². The summed E-state index contributed by atoms with van der Waals surface area (Å²) in [6, 6.07) is 6.80. The van der Waals surface area contributed by atoms with Crippen LogP contribution in [0.2, 0.25) is 0 Å². The molecule has 0 amide bonds. The summed E-state index contributed by atoms with van der Waals surface area (Å²) in [4.78, 5) is 11.5. The highest BCUT2D eigenvalue weighted by Gasteiger charge is 2.11. The average molecular weight is 212 g/mol. The molecule has 0 saturated carbocycles. The summed E-state index contributed by atoms with van der Waals surface area (Å²) in [5.41, 5.74) is 0.290.